The zero-order chi connectivity index (χ0) is 13.3. The van der Waals surface area contributed by atoms with Crippen LogP contribution in [0.3, 0.4) is 0 Å². The minimum absolute atomic E-state index is 0.159. The fourth-order valence-electron chi connectivity index (χ4n) is 1.56. The molecule has 0 aliphatic carbocycles. The SMILES string of the molecule is Cc1cc(CS(=O)c2ccc(C(=O)O)o2)n(C)n1. The second-order valence-electron chi connectivity index (χ2n) is 3.81. The molecular weight excluding hydrogens is 256 g/mol. The molecule has 0 saturated carbocycles. The number of rotatable bonds is 4. The van der Waals surface area contributed by atoms with Gasteiger partial charge in [0, 0.05) is 7.05 Å². The van der Waals surface area contributed by atoms with Gasteiger partial charge in [0.1, 0.15) is 0 Å². The van der Waals surface area contributed by atoms with E-state index in [0.29, 0.717) is 0 Å². The number of carbonyl (C=O) groups is 1. The molecular formula is C11H12N2O4S. The van der Waals surface area contributed by atoms with Gasteiger partial charge in [-0.3, -0.25) is 8.89 Å². The predicted octanol–water partition coefficient (Wildman–Crippen LogP) is 1.33. The Morgan fingerprint density at radius 2 is 2.28 bits per heavy atom. The van der Waals surface area contributed by atoms with Crippen LogP contribution in [-0.2, 0) is 23.6 Å². The van der Waals surface area contributed by atoms with Gasteiger partial charge in [-0.2, -0.15) is 5.10 Å². The van der Waals surface area contributed by atoms with E-state index >= 15 is 0 Å². The van der Waals surface area contributed by atoms with Crippen molar-refractivity contribution in [1.29, 1.82) is 0 Å². The smallest absolute Gasteiger partial charge is 0.371 e. The molecule has 0 aliphatic heterocycles. The first-order chi connectivity index (χ1) is 8.47. The summed E-state index contributed by atoms with van der Waals surface area (Å²) in [6.45, 7) is 1.85. The van der Waals surface area contributed by atoms with Crippen molar-refractivity contribution in [3.8, 4) is 0 Å². The van der Waals surface area contributed by atoms with Crippen molar-refractivity contribution in [3.05, 3.63) is 35.3 Å². The number of hydrogen-bond acceptors (Lipinski definition) is 4. The lowest BCUT2D eigenvalue weighted by atomic mass is 10.4. The number of carboxylic acid groups (broad SMARTS) is 1. The van der Waals surface area contributed by atoms with E-state index in [0.717, 1.165) is 11.4 Å². The van der Waals surface area contributed by atoms with Crippen molar-refractivity contribution in [2.24, 2.45) is 7.05 Å². The molecule has 0 aromatic carbocycles. The third kappa shape index (κ3) is 2.51. The van der Waals surface area contributed by atoms with Crippen LogP contribution >= 0.6 is 0 Å². The average molecular weight is 268 g/mol. The van der Waals surface area contributed by atoms with Crippen LogP contribution in [0.1, 0.15) is 21.9 Å². The quantitative estimate of drug-likeness (QED) is 0.904. The van der Waals surface area contributed by atoms with Gasteiger partial charge in [0.15, 0.2) is 5.09 Å². The predicted molar refractivity (Wildman–Crippen MR) is 63.7 cm³/mol. The van der Waals surface area contributed by atoms with Gasteiger partial charge in [-0.05, 0) is 25.1 Å². The maximum atomic E-state index is 12.0. The Morgan fingerprint density at radius 1 is 1.56 bits per heavy atom. The van der Waals surface area contributed by atoms with Crippen LogP contribution < -0.4 is 0 Å². The zero-order valence-corrected chi connectivity index (χ0v) is 10.7. The fourth-order valence-corrected chi connectivity index (χ4v) is 2.65. The third-order valence-electron chi connectivity index (χ3n) is 2.39. The van der Waals surface area contributed by atoms with E-state index in [1.807, 2.05) is 13.0 Å². The number of hydrogen-bond donors (Lipinski definition) is 1. The minimum Gasteiger partial charge on any atom is -0.475 e. The minimum atomic E-state index is -1.42. The summed E-state index contributed by atoms with van der Waals surface area (Å²) in [5, 5.41) is 13.0. The van der Waals surface area contributed by atoms with E-state index in [-0.39, 0.29) is 16.6 Å². The van der Waals surface area contributed by atoms with Crippen molar-refractivity contribution < 1.29 is 18.5 Å². The van der Waals surface area contributed by atoms with Crippen LogP contribution in [0.4, 0.5) is 0 Å². The first-order valence-electron chi connectivity index (χ1n) is 5.18. The van der Waals surface area contributed by atoms with Gasteiger partial charge in [-0.25, -0.2) is 4.79 Å². The number of aromatic nitrogens is 2. The average Bonchev–Trinajstić information content (AvgIpc) is 2.86. The Kier molecular flexibility index (Phi) is 3.33. The summed E-state index contributed by atoms with van der Waals surface area (Å²) in [6.07, 6.45) is 0. The van der Waals surface area contributed by atoms with Gasteiger partial charge in [0.2, 0.25) is 5.76 Å². The van der Waals surface area contributed by atoms with Gasteiger partial charge < -0.3 is 9.52 Å². The first kappa shape index (κ1) is 12.6. The van der Waals surface area contributed by atoms with E-state index in [9.17, 15) is 9.00 Å². The molecule has 2 rings (SSSR count). The summed E-state index contributed by atoms with van der Waals surface area (Å²) in [7, 11) is 0.350. The molecule has 7 heteroatoms. The van der Waals surface area contributed by atoms with Crippen LogP contribution in [0.15, 0.2) is 27.7 Å². The molecule has 18 heavy (non-hydrogen) atoms. The Hall–Kier alpha value is -1.89. The summed E-state index contributed by atoms with van der Waals surface area (Å²) in [5.74, 6) is -1.14. The lowest BCUT2D eigenvalue weighted by Crippen LogP contribution is -2.02. The van der Waals surface area contributed by atoms with Crippen molar-refractivity contribution in [2.75, 3.05) is 0 Å². The molecule has 0 aliphatic rings. The molecule has 0 saturated heterocycles. The number of aromatic carboxylic acids is 1. The van der Waals surface area contributed by atoms with Gasteiger partial charge >= 0.3 is 5.97 Å². The highest BCUT2D eigenvalue weighted by Crippen LogP contribution is 2.16. The van der Waals surface area contributed by atoms with Crippen LogP contribution in [0.5, 0.6) is 0 Å². The van der Waals surface area contributed by atoms with Gasteiger partial charge in [-0.1, -0.05) is 0 Å². The molecule has 0 amide bonds. The van der Waals surface area contributed by atoms with E-state index in [2.05, 4.69) is 5.10 Å². The summed E-state index contributed by atoms with van der Waals surface area (Å²) in [4.78, 5) is 10.6. The second kappa shape index (κ2) is 4.77. The number of nitrogens with zero attached hydrogens (tertiary/aromatic N) is 2. The molecule has 2 aromatic rings. The van der Waals surface area contributed by atoms with Crippen molar-refractivity contribution in [3.63, 3.8) is 0 Å². The van der Waals surface area contributed by atoms with Crippen LogP contribution in [0.2, 0.25) is 0 Å². The first-order valence-corrected chi connectivity index (χ1v) is 6.50. The number of furan rings is 1. The summed E-state index contributed by atoms with van der Waals surface area (Å²) >= 11 is 0. The molecule has 0 bridgehead atoms. The van der Waals surface area contributed by atoms with E-state index in [4.69, 9.17) is 9.52 Å². The molecule has 6 nitrogen and oxygen atoms in total. The van der Waals surface area contributed by atoms with Crippen molar-refractivity contribution in [1.82, 2.24) is 9.78 Å². The lowest BCUT2D eigenvalue weighted by molar-refractivity contribution is 0.0656. The van der Waals surface area contributed by atoms with Crippen molar-refractivity contribution in [2.45, 2.75) is 17.8 Å². The monoisotopic (exact) mass is 268 g/mol. The summed E-state index contributed by atoms with van der Waals surface area (Å²) < 4.78 is 18.6. The molecule has 2 heterocycles. The summed E-state index contributed by atoms with van der Waals surface area (Å²) in [5.41, 5.74) is 1.65. The Labute approximate surface area is 106 Å². The van der Waals surface area contributed by atoms with Gasteiger partial charge in [-0.15, -0.1) is 0 Å². The van der Waals surface area contributed by atoms with E-state index in [1.54, 1.807) is 11.7 Å². The normalized spacial score (nSPS) is 12.6. The maximum Gasteiger partial charge on any atom is 0.371 e. The largest absolute Gasteiger partial charge is 0.475 e. The molecule has 0 spiro atoms. The van der Waals surface area contributed by atoms with E-state index in [1.165, 1.54) is 12.1 Å². The third-order valence-corrected chi connectivity index (χ3v) is 3.62. The standard InChI is InChI=1S/C11H12N2O4S/c1-7-5-8(13(2)12-7)6-18(16)10-4-3-9(17-10)11(14)15/h3-5H,6H2,1-2H3,(H,14,15). The van der Waals surface area contributed by atoms with Crippen LogP contribution in [0, 0.1) is 6.92 Å². The molecule has 1 atom stereocenters. The number of carboxylic acids is 1. The highest BCUT2D eigenvalue weighted by atomic mass is 32.2. The Bertz CT molecular complexity index is 614. The molecule has 2 aromatic heterocycles. The molecule has 1 unspecified atom stereocenters. The van der Waals surface area contributed by atoms with E-state index < -0.39 is 16.8 Å². The highest BCUT2D eigenvalue weighted by molar-refractivity contribution is 7.84. The molecule has 0 radical (unpaired) electrons. The van der Waals surface area contributed by atoms with Gasteiger partial charge in [0.05, 0.1) is 27.9 Å². The second-order valence-corrected chi connectivity index (χ2v) is 5.20. The van der Waals surface area contributed by atoms with Crippen LogP contribution in [-0.4, -0.2) is 25.1 Å². The lowest BCUT2D eigenvalue weighted by Gasteiger charge is -1.99. The zero-order valence-electron chi connectivity index (χ0n) is 9.91. The number of aryl methyl sites for hydroxylation is 2. The Balaban J connectivity index is 2.16. The Morgan fingerprint density at radius 3 is 2.78 bits per heavy atom. The van der Waals surface area contributed by atoms with Crippen molar-refractivity contribution >= 4 is 16.8 Å². The molecule has 0 fully saturated rings. The highest BCUT2D eigenvalue weighted by Gasteiger charge is 2.15. The fraction of sp³-hybridized carbons (Fsp3) is 0.273. The summed E-state index contributed by atoms with van der Waals surface area (Å²) in [6, 6.07) is 4.55. The van der Waals surface area contributed by atoms with Gasteiger partial charge in [0.25, 0.3) is 0 Å². The topological polar surface area (TPSA) is 85.3 Å². The van der Waals surface area contributed by atoms with Crippen LogP contribution in [0.25, 0.3) is 0 Å². The maximum absolute atomic E-state index is 12.0. The molecule has 1 N–H and O–H groups in total. The molecule has 96 valence electrons.